The third kappa shape index (κ3) is 3.52. The van der Waals surface area contributed by atoms with Crippen molar-refractivity contribution in [3.05, 3.63) is 28.2 Å². The molecule has 2 nitrogen and oxygen atoms in total. The Morgan fingerprint density at radius 2 is 2.06 bits per heavy atom. The third-order valence-corrected chi connectivity index (χ3v) is 3.39. The molecule has 1 N–H and O–H groups in total. The lowest BCUT2D eigenvalue weighted by Gasteiger charge is -2.15. The fourth-order valence-electron chi connectivity index (χ4n) is 1.45. The summed E-state index contributed by atoms with van der Waals surface area (Å²) < 4.78 is 0.927. The SMILES string of the molecule is CCC(CC)NC(=O)c1ccc(Br)cc1S. The van der Waals surface area contributed by atoms with E-state index in [0.29, 0.717) is 10.5 Å². The predicted molar refractivity (Wildman–Crippen MR) is 73.2 cm³/mol. The van der Waals surface area contributed by atoms with E-state index < -0.39 is 0 Å². The number of halogens is 1. The minimum atomic E-state index is -0.0498. The molecule has 0 radical (unpaired) electrons. The van der Waals surface area contributed by atoms with Crippen LogP contribution in [0.1, 0.15) is 37.0 Å². The van der Waals surface area contributed by atoms with Gasteiger partial charge in [-0.3, -0.25) is 4.79 Å². The van der Waals surface area contributed by atoms with Crippen molar-refractivity contribution < 1.29 is 4.79 Å². The molecule has 0 fully saturated rings. The molecule has 0 atom stereocenters. The fraction of sp³-hybridized carbons (Fsp3) is 0.417. The van der Waals surface area contributed by atoms with Gasteiger partial charge in [0.15, 0.2) is 0 Å². The topological polar surface area (TPSA) is 29.1 Å². The maximum atomic E-state index is 11.9. The minimum Gasteiger partial charge on any atom is -0.349 e. The molecule has 1 rings (SSSR count). The maximum absolute atomic E-state index is 11.9. The molecule has 0 saturated heterocycles. The van der Waals surface area contributed by atoms with E-state index in [2.05, 4.69) is 47.7 Å². The molecule has 88 valence electrons. The normalized spacial score (nSPS) is 10.6. The Bertz CT molecular complexity index is 377. The van der Waals surface area contributed by atoms with E-state index in [4.69, 9.17) is 0 Å². The summed E-state index contributed by atoms with van der Waals surface area (Å²) in [7, 11) is 0. The Labute approximate surface area is 110 Å². The summed E-state index contributed by atoms with van der Waals surface area (Å²) in [6.45, 7) is 4.13. The van der Waals surface area contributed by atoms with Crippen molar-refractivity contribution in [3.63, 3.8) is 0 Å². The standard InChI is InChI=1S/C12H16BrNOS/c1-3-9(4-2)14-12(15)10-6-5-8(13)7-11(10)16/h5-7,9,16H,3-4H2,1-2H3,(H,14,15). The zero-order chi connectivity index (χ0) is 12.1. The lowest BCUT2D eigenvalue weighted by molar-refractivity contribution is 0.0932. The van der Waals surface area contributed by atoms with Gasteiger partial charge in [-0.05, 0) is 31.0 Å². The first-order valence-corrected chi connectivity index (χ1v) is 6.61. The second kappa shape index (κ2) is 6.30. The van der Waals surface area contributed by atoms with Crippen molar-refractivity contribution in [2.24, 2.45) is 0 Å². The first kappa shape index (κ1) is 13.6. The molecular formula is C12H16BrNOS. The molecule has 1 aromatic carbocycles. The van der Waals surface area contributed by atoms with E-state index in [0.717, 1.165) is 17.3 Å². The van der Waals surface area contributed by atoms with Crippen molar-refractivity contribution in [2.45, 2.75) is 37.6 Å². The minimum absolute atomic E-state index is 0.0498. The van der Waals surface area contributed by atoms with Crippen LogP contribution < -0.4 is 5.32 Å². The number of carbonyl (C=O) groups is 1. The largest absolute Gasteiger partial charge is 0.349 e. The second-order valence-electron chi connectivity index (χ2n) is 3.65. The predicted octanol–water partition coefficient (Wildman–Crippen LogP) is 3.66. The van der Waals surface area contributed by atoms with Gasteiger partial charge < -0.3 is 5.32 Å². The Hall–Kier alpha value is -0.480. The molecule has 16 heavy (non-hydrogen) atoms. The van der Waals surface area contributed by atoms with E-state index in [1.807, 2.05) is 12.1 Å². The summed E-state index contributed by atoms with van der Waals surface area (Å²) in [5.41, 5.74) is 0.624. The monoisotopic (exact) mass is 301 g/mol. The van der Waals surface area contributed by atoms with Crippen LogP contribution in [-0.4, -0.2) is 11.9 Å². The summed E-state index contributed by atoms with van der Waals surface area (Å²) in [6.07, 6.45) is 1.89. The van der Waals surface area contributed by atoms with Crippen LogP contribution in [0.3, 0.4) is 0 Å². The van der Waals surface area contributed by atoms with Gasteiger partial charge in [0.05, 0.1) is 5.56 Å². The highest BCUT2D eigenvalue weighted by molar-refractivity contribution is 9.10. The summed E-state index contributed by atoms with van der Waals surface area (Å²) in [5.74, 6) is -0.0498. The van der Waals surface area contributed by atoms with E-state index in [1.165, 1.54) is 0 Å². The van der Waals surface area contributed by atoms with Crippen LogP contribution >= 0.6 is 28.6 Å². The van der Waals surface area contributed by atoms with Crippen LogP contribution in [0.25, 0.3) is 0 Å². The Morgan fingerprint density at radius 1 is 1.44 bits per heavy atom. The van der Waals surface area contributed by atoms with E-state index in [-0.39, 0.29) is 11.9 Å². The number of carbonyl (C=O) groups excluding carboxylic acids is 1. The number of rotatable bonds is 4. The molecule has 0 aliphatic rings. The summed E-state index contributed by atoms with van der Waals surface area (Å²) >= 11 is 7.64. The molecule has 4 heteroatoms. The summed E-state index contributed by atoms with van der Waals surface area (Å²) in [6, 6.07) is 5.69. The van der Waals surface area contributed by atoms with Crippen LogP contribution in [0, 0.1) is 0 Å². The smallest absolute Gasteiger partial charge is 0.252 e. The molecule has 1 amide bonds. The van der Waals surface area contributed by atoms with Crippen LogP contribution in [0.5, 0.6) is 0 Å². The van der Waals surface area contributed by atoms with Crippen LogP contribution in [0.4, 0.5) is 0 Å². The number of benzene rings is 1. The molecule has 1 aromatic rings. The van der Waals surface area contributed by atoms with Crippen molar-refractivity contribution in [1.82, 2.24) is 5.32 Å². The molecule has 0 heterocycles. The highest BCUT2D eigenvalue weighted by Crippen LogP contribution is 2.20. The van der Waals surface area contributed by atoms with Gasteiger partial charge >= 0.3 is 0 Å². The Balaban J connectivity index is 2.80. The number of amides is 1. The highest BCUT2D eigenvalue weighted by Gasteiger charge is 2.12. The molecule has 0 aliphatic heterocycles. The van der Waals surface area contributed by atoms with Gasteiger partial charge in [-0.1, -0.05) is 29.8 Å². The molecule has 0 aliphatic carbocycles. The quantitative estimate of drug-likeness (QED) is 0.817. The third-order valence-electron chi connectivity index (χ3n) is 2.53. The van der Waals surface area contributed by atoms with Crippen LogP contribution in [0.2, 0.25) is 0 Å². The lowest BCUT2D eigenvalue weighted by Crippen LogP contribution is -2.34. The summed E-state index contributed by atoms with van der Waals surface area (Å²) in [4.78, 5) is 12.6. The van der Waals surface area contributed by atoms with Crippen molar-refractivity contribution in [1.29, 1.82) is 0 Å². The number of thiol groups is 1. The van der Waals surface area contributed by atoms with Gasteiger partial charge in [0.25, 0.3) is 5.91 Å². The van der Waals surface area contributed by atoms with E-state index in [1.54, 1.807) is 6.07 Å². The van der Waals surface area contributed by atoms with E-state index >= 15 is 0 Å². The van der Waals surface area contributed by atoms with Crippen LogP contribution in [-0.2, 0) is 0 Å². The number of nitrogens with one attached hydrogen (secondary N) is 1. The maximum Gasteiger partial charge on any atom is 0.252 e. The number of hydrogen-bond acceptors (Lipinski definition) is 2. The zero-order valence-electron chi connectivity index (χ0n) is 9.46. The molecule has 0 bridgehead atoms. The van der Waals surface area contributed by atoms with Crippen molar-refractivity contribution in [3.8, 4) is 0 Å². The fourth-order valence-corrected chi connectivity index (χ4v) is 2.31. The second-order valence-corrected chi connectivity index (χ2v) is 5.05. The van der Waals surface area contributed by atoms with Gasteiger partial charge in [-0.15, -0.1) is 12.6 Å². The van der Waals surface area contributed by atoms with Gasteiger partial charge in [-0.2, -0.15) is 0 Å². The highest BCUT2D eigenvalue weighted by atomic mass is 79.9. The average Bonchev–Trinajstić information content (AvgIpc) is 2.25. The summed E-state index contributed by atoms with van der Waals surface area (Å²) in [5, 5.41) is 2.99. The molecule has 0 unspecified atom stereocenters. The van der Waals surface area contributed by atoms with Crippen LogP contribution in [0.15, 0.2) is 27.6 Å². The molecule has 0 spiro atoms. The lowest BCUT2D eigenvalue weighted by atomic mass is 10.1. The molecule has 0 saturated carbocycles. The van der Waals surface area contributed by atoms with Gasteiger partial charge in [-0.25, -0.2) is 0 Å². The van der Waals surface area contributed by atoms with Crippen molar-refractivity contribution in [2.75, 3.05) is 0 Å². The Kier molecular flexibility index (Phi) is 5.35. The Morgan fingerprint density at radius 3 is 2.56 bits per heavy atom. The van der Waals surface area contributed by atoms with Gasteiger partial charge in [0, 0.05) is 15.4 Å². The molecule has 0 aromatic heterocycles. The number of hydrogen-bond donors (Lipinski definition) is 2. The van der Waals surface area contributed by atoms with Gasteiger partial charge in [0.1, 0.15) is 0 Å². The first-order valence-electron chi connectivity index (χ1n) is 5.37. The average molecular weight is 302 g/mol. The zero-order valence-corrected chi connectivity index (χ0v) is 11.9. The first-order chi connectivity index (χ1) is 7.58. The van der Waals surface area contributed by atoms with Crippen molar-refractivity contribution >= 4 is 34.5 Å². The molecular weight excluding hydrogens is 286 g/mol. The van der Waals surface area contributed by atoms with Gasteiger partial charge in [0.2, 0.25) is 0 Å². The van der Waals surface area contributed by atoms with E-state index in [9.17, 15) is 4.79 Å².